The zero-order chi connectivity index (χ0) is 25.8. The minimum atomic E-state index is -3.52. The van der Waals surface area contributed by atoms with Crippen molar-refractivity contribution in [2.24, 2.45) is 0 Å². The molecule has 2 fully saturated rings. The second-order valence-corrected chi connectivity index (χ2v) is 12.5. The Labute approximate surface area is 208 Å². The smallest absolute Gasteiger partial charge is 0.410 e. The van der Waals surface area contributed by atoms with Crippen molar-refractivity contribution >= 4 is 38.3 Å². The summed E-state index contributed by atoms with van der Waals surface area (Å²) in [6, 6.07) is 3.89. The first-order valence-corrected chi connectivity index (χ1v) is 13.8. The molecule has 0 aliphatic carbocycles. The third-order valence-corrected chi connectivity index (χ3v) is 7.81. The molecule has 36 heavy (non-hydrogen) atoms. The number of carbonyl (C=O) groups is 1. The number of halogens is 1. The third-order valence-electron chi connectivity index (χ3n) is 6.70. The molecule has 4 heterocycles. The van der Waals surface area contributed by atoms with Crippen LogP contribution in [0.2, 0.25) is 0 Å². The van der Waals surface area contributed by atoms with Gasteiger partial charge in [-0.05, 0) is 64.7 Å². The lowest BCUT2D eigenvalue weighted by Gasteiger charge is -2.39. The highest BCUT2D eigenvalue weighted by Crippen LogP contribution is 2.42. The topological polar surface area (TPSA) is 119 Å². The molecule has 5 rings (SSSR count). The fourth-order valence-electron chi connectivity index (χ4n) is 5.16. The van der Waals surface area contributed by atoms with Crippen molar-refractivity contribution in [1.29, 1.82) is 0 Å². The molecule has 0 saturated carbocycles. The van der Waals surface area contributed by atoms with Gasteiger partial charge in [-0.15, -0.1) is 5.10 Å². The second-order valence-electron chi connectivity index (χ2n) is 10.5. The monoisotopic (exact) mass is 516 g/mol. The summed E-state index contributed by atoms with van der Waals surface area (Å²) in [6.07, 6.45) is 7.20. The molecule has 0 radical (unpaired) electrons. The second kappa shape index (κ2) is 8.68. The predicted octanol–water partition coefficient (Wildman–Crippen LogP) is 4.22. The van der Waals surface area contributed by atoms with E-state index in [0.29, 0.717) is 16.7 Å². The predicted molar refractivity (Wildman–Crippen MR) is 131 cm³/mol. The highest BCUT2D eigenvalue weighted by atomic mass is 32.2. The van der Waals surface area contributed by atoms with E-state index >= 15 is 0 Å². The van der Waals surface area contributed by atoms with Crippen LogP contribution in [-0.4, -0.2) is 63.3 Å². The molecule has 12 heteroatoms. The average Bonchev–Trinajstić information content (AvgIpc) is 3.32. The zero-order valence-corrected chi connectivity index (χ0v) is 21.4. The van der Waals surface area contributed by atoms with Crippen molar-refractivity contribution in [3.63, 3.8) is 0 Å². The molecule has 2 aliphatic heterocycles. The van der Waals surface area contributed by atoms with Crippen LogP contribution in [0.4, 0.5) is 20.6 Å². The average molecular weight is 517 g/mol. The number of amides is 1. The number of aromatic nitrogens is 4. The molecule has 2 atom stereocenters. The van der Waals surface area contributed by atoms with Crippen LogP contribution in [0.25, 0.3) is 11.0 Å². The lowest BCUT2D eigenvalue weighted by Crippen LogP contribution is -2.48. The van der Waals surface area contributed by atoms with Crippen molar-refractivity contribution in [3.05, 3.63) is 36.4 Å². The maximum Gasteiger partial charge on any atom is 0.410 e. The Morgan fingerprint density at radius 2 is 1.81 bits per heavy atom. The summed E-state index contributed by atoms with van der Waals surface area (Å²) in [5, 5.41) is 16.6. The van der Waals surface area contributed by atoms with Gasteiger partial charge >= 0.3 is 6.09 Å². The Morgan fingerprint density at radius 3 is 2.42 bits per heavy atom. The van der Waals surface area contributed by atoms with Crippen molar-refractivity contribution < 1.29 is 22.3 Å². The van der Waals surface area contributed by atoms with Gasteiger partial charge < -0.3 is 15.0 Å². The number of hydrogen-bond donors (Lipinski definition) is 1. The fraction of sp³-hybridized carbons (Fsp3) is 0.500. The molecule has 0 unspecified atom stereocenters. The highest BCUT2D eigenvalue weighted by molar-refractivity contribution is 7.90. The molecule has 2 aliphatic rings. The summed E-state index contributed by atoms with van der Waals surface area (Å²) in [5.74, 6) is -0.693. The standard InChI is InChI=1S/C24H29FN6O4S/c1-24(2,3)35-23(32)30-14-5-6-15(30)10-16(9-14)31-22-18(12-27-31)21(13-26-29-22)28-20-8-7-17(11-19(20)25)36(4,33)34/h7-8,11-16H,5-6,9-10H2,1-4H3,(H,28,29)/t14-,15-/m0/s1. The Kier molecular flexibility index (Phi) is 5.89. The zero-order valence-electron chi connectivity index (χ0n) is 20.6. The molecule has 1 amide bonds. The van der Waals surface area contributed by atoms with Gasteiger partial charge in [0.2, 0.25) is 0 Å². The molecule has 0 spiro atoms. The molecule has 1 aromatic carbocycles. The van der Waals surface area contributed by atoms with E-state index in [-0.39, 0.29) is 34.8 Å². The van der Waals surface area contributed by atoms with E-state index in [4.69, 9.17) is 4.74 Å². The molecule has 192 valence electrons. The first kappa shape index (κ1) is 24.4. The summed E-state index contributed by atoms with van der Waals surface area (Å²) in [5.41, 5.74) is 0.637. The number of benzene rings is 1. The largest absolute Gasteiger partial charge is 0.444 e. The van der Waals surface area contributed by atoms with Crippen molar-refractivity contribution in [1.82, 2.24) is 24.9 Å². The summed E-state index contributed by atoms with van der Waals surface area (Å²) in [4.78, 5) is 14.6. The molecule has 1 N–H and O–H groups in total. The quantitative estimate of drug-likeness (QED) is 0.548. The van der Waals surface area contributed by atoms with Crippen LogP contribution < -0.4 is 5.32 Å². The van der Waals surface area contributed by atoms with Crippen LogP contribution in [0.15, 0.2) is 35.5 Å². The Balaban J connectivity index is 1.38. The van der Waals surface area contributed by atoms with Gasteiger partial charge in [-0.2, -0.15) is 10.2 Å². The summed E-state index contributed by atoms with van der Waals surface area (Å²) < 4.78 is 45.5. The molecule has 3 aromatic rings. The number of carbonyl (C=O) groups excluding carboxylic acids is 1. The van der Waals surface area contributed by atoms with Crippen molar-refractivity contribution in [2.45, 2.75) is 75.1 Å². The molecule has 10 nitrogen and oxygen atoms in total. The Morgan fingerprint density at radius 1 is 1.11 bits per heavy atom. The van der Waals surface area contributed by atoms with E-state index in [0.717, 1.165) is 38.0 Å². The SMILES string of the molecule is CC(C)(C)OC(=O)N1[C@H]2CC[C@H]1CC(n1ncc3c(Nc4ccc(S(C)(=O)=O)cc4F)cnnc31)C2. The van der Waals surface area contributed by atoms with Gasteiger partial charge in [-0.25, -0.2) is 22.3 Å². The first-order chi connectivity index (χ1) is 16.9. The number of hydrogen-bond acceptors (Lipinski definition) is 8. The number of anilines is 2. The minimum absolute atomic E-state index is 0.0361. The Bertz CT molecular complexity index is 1420. The fourth-order valence-corrected chi connectivity index (χ4v) is 5.79. The highest BCUT2D eigenvalue weighted by Gasteiger charge is 2.45. The molecule has 2 saturated heterocycles. The van der Waals surface area contributed by atoms with Crippen LogP contribution in [-0.2, 0) is 14.6 Å². The number of ether oxygens (including phenoxy) is 1. The summed E-state index contributed by atoms with van der Waals surface area (Å²) >= 11 is 0. The van der Waals surface area contributed by atoms with Gasteiger partial charge in [0.15, 0.2) is 15.5 Å². The van der Waals surface area contributed by atoms with E-state index in [2.05, 4.69) is 20.6 Å². The Hall–Kier alpha value is -3.28. The number of sulfone groups is 1. The third kappa shape index (κ3) is 4.61. The van der Waals surface area contributed by atoms with Gasteiger partial charge in [0.05, 0.1) is 40.1 Å². The van der Waals surface area contributed by atoms with Gasteiger partial charge in [0, 0.05) is 18.3 Å². The number of piperidine rings is 1. The van der Waals surface area contributed by atoms with E-state index in [1.54, 1.807) is 6.20 Å². The van der Waals surface area contributed by atoms with Crippen LogP contribution in [0.3, 0.4) is 0 Å². The summed E-state index contributed by atoms with van der Waals surface area (Å²) in [6.45, 7) is 5.60. The van der Waals surface area contributed by atoms with Crippen molar-refractivity contribution in [3.8, 4) is 0 Å². The van der Waals surface area contributed by atoms with Crippen LogP contribution in [0.1, 0.15) is 52.5 Å². The van der Waals surface area contributed by atoms with E-state index in [1.807, 2.05) is 30.4 Å². The van der Waals surface area contributed by atoms with Crippen LogP contribution in [0.5, 0.6) is 0 Å². The van der Waals surface area contributed by atoms with E-state index in [9.17, 15) is 17.6 Å². The van der Waals surface area contributed by atoms with Gasteiger partial charge in [0.1, 0.15) is 11.4 Å². The summed E-state index contributed by atoms with van der Waals surface area (Å²) in [7, 11) is -3.52. The minimum Gasteiger partial charge on any atom is -0.444 e. The molecule has 2 aromatic heterocycles. The van der Waals surface area contributed by atoms with Gasteiger partial charge in [0.25, 0.3) is 0 Å². The number of rotatable bonds is 4. The molecular weight excluding hydrogens is 487 g/mol. The number of fused-ring (bicyclic) bond motifs is 3. The first-order valence-electron chi connectivity index (χ1n) is 11.9. The van der Waals surface area contributed by atoms with Crippen LogP contribution in [0, 0.1) is 5.82 Å². The molecular formula is C24H29FN6O4S. The lowest BCUT2D eigenvalue weighted by atomic mass is 9.98. The van der Waals surface area contributed by atoms with E-state index < -0.39 is 21.3 Å². The normalized spacial score (nSPS) is 22.1. The van der Waals surface area contributed by atoms with Crippen LogP contribution >= 0.6 is 0 Å². The maximum absolute atomic E-state index is 14.6. The van der Waals surface area contributed by atoms with Gasteiger partial charge in [-0.1, -0.05) is 0 Å². The number of nitrogens with one attached hydrogen (secondary N) is 1. The lowest BCUT2D eigenvalue weighted by molar-refractivity contribution is 0.00252. The van der Waals surface area contributed by atoms with Gasteiger partial charge in [-0.3, -0.25) is 0 Å². The molecule has 2 bridgehead atoms. The van der Waals surface area contributed by atoms with Crippen molar-refractivity contribution in [2.75, 3.05) is 11.6 Å². The number of nitrogens with zero attached hydrogens (tertiary/aromatic N) is 5. The maximum atomic E-state index is 14.6. The van der Waals surface area contributed by atoms with E-state index in [1.165, 1.54) is 18.3 Å².